The fraction of sp³-hybridized carbons (Fsp3) is 0.471. The van der Waals surface area contributed by atoms with E-state index in [-0.39, 0.29) is 11.7 Å². The van der Waals surface area contributed by atoms with Gasteiger partial charge in [0.25, 0.3) is 0 Å². The van der Waals surface area contributed by atoms with Gasteiger partial charge < -0.3 is 16.2 Å². The highest BCUT2D eigenvalue weighted by atomic mass is 16.3. The monoisotopic (exact) mass is 315 g/mol. The molecule has 0 bridgehead atoms. The topological polar surface area (TPSA) is 116 Å². The molecule has 0 aliphatic heterocycles. The highest BCUT2D eigenvalue weighted by Crippen LogP contribution is 2.30. The average molecular weight is 315 g/mol. The summed E-state index contributed by atoms with van der Waals surface area (Å²) < 4.78 is 0. The first kappa shape index (κ1) is 16.8. The van der Waals surface area contributed by atoms with E-state index in [0.717, 1.165) is 18.4 Å². The Morgan fingerprint density at radius 3 is 2.43 bits per heavy atom. The lowest BCUT2D eigenvalue weighted by Gasteiger charge is -2.29. The number of nitrogens with one attached hydrogen (secondary N) is 1. The quantitative estimate of drug-likeness (QED) is 0.757. The van der Waals surface area contributed by atoms with Gasteiger partial charge in [-0.05, 0) is 30.5 Å². The van der Waals surface area contributed by atoms with E-state index in [4.69, 9.17) is 5.73 Å². The van der Waals surface area contributed by atoms with E-state index in [1.54, 1.807) is 12.1 Å². The molecule has 3 atom stereocenters. The number of amides is 2. The standard InChI is InChI=1S/C17H21N3O3/c18-10-12(9-11-5-7-13(21)8-6-11)20-17(23)15-4-2-1-3-14(15)16(19)22/h5-8,12,14-15,21H,1-4,9H2,(H2,19,22)(H,20,23)/t12-,14-,15+/m0/s1. The van der Waals surface area contributed by atoms with Crippen molar-refractivity contribution in [2.45, 2.75) is 38.1 Å². The molecule has 1 saturated carbocycles. The summed E-state index contributed by atoms with van der Waals surface area (Å²) in [5.41, 5.74) is 6.23. The highest BCUT2D eigenvalue weighted by Gasteiger charge is 2.35. The zero-order chi connectivity index (χ0) is 16.8. The van der Waals surface area contributed by atoms with Crippen LogP contribution in [0.4, 0.5) is 0 Å². The van der Waals surface area contributed by atoms with Gasteiger partial charge in [-0.15, -0.1) is 0 Å². The molecule has 1 aromatic carbocycles. The number of carbonyl (C=O) groups excluding carboxylic acids is 2. The fourth-order valence-corrected chi connectivity index (χ4v) is 3.06. The van der Waals surface area contributed by atoms with Gasteiger partial charge >= 0.3 is 0 Å². The minimum Gasteiger partial charge on any atom is -0.508 e. The summed E-state index contributed by atoms with van der Waals surface area (Å²) in [6, 6.07) is 7.88. The summed E-state index contributed by atoms with van der Waals surface area (Å²) in [4.78, 5) is 23.9. The number of primary amides is 1. The van der Waals surface area contributed by atoms with Crippen LogP contribution in [-0.2, 0) is 16.0 Å². The number of nitriles is 1. The van der Waals surface area contributed by atoms with E-state index in [1.807, 2.05) is 0 Å². The number of hydrogen-bond donors (Lipinski definition) is 3. The Hall–Kier alpha value is -2.55. The highest BCUT2D eigenvalue weighted by molar-refractivity contribution is 5.87. The van der Waals surface area contributed by atoms with E-state index < -0.39 is 23.8 Å². The summed E-state index contributed by atoms with van der Waals surface area (Å²) in [6.45, 7) is 0. The zero-order valence-corrected chi connectivity index (χ0v) is 12.9. The molecule has 2 amide bonds. The lowest BCUT2D eigenvalue weighted by Crippen LogP contribution is -2.45. The lowest BCUT2D eigenvalue weighted by atomic mass is 9.78. The van der Waals surface area contributed by atoms with Gasteiger partial charge in [0.2, 0.25) is 11.8 Å². The summed E-state index contributed by atoms with van der Waals surface area (Å²) in [5, 5.41) is 21.2. The Bertz CT molecular complexity index is 607. The molecule has 23 heavy (non-hydrogen) atoms. The second-order valence-electron chi connectivity index (χ2n) is 5.96. The molecule has 1 aromatic rings. The van der Waals surface area contributed by atoms with E-state index in [0.29, 0.717) is 19.3 Å². The van der Waals surface area contributed by atoms with Crippen LogP contribution in [0.2, 0.25) is 0 Å². The molecule has 1 aliphatic carbocycles. The SMILES string of the molecule is N#C[C@H](Cc1ccc(O)cc1)NC(=O)[C@@H]1CCCC[C@@H]1C(N)=O. The number of nitrogens with zero attached hydrogens (tertiary/aromatic N) is 1. The maximum Gasteiger partial charge on any atom is 0.224 e. The van der Waals surface area contributed by atoms with Crippen molar-refractivity contribution >= 4 is 11.8 Å². The van der Waals surface area contributed by atoms with Crippen LogP contribution in [0.25, 0.3) is 0 Å². The lowest BCUT2D eigenvalue weighted by molar-refractivity contribution is -0.135. The van der Waals surface area contributed by atoms with Crippen LogP contribution in [0, 0.1) is 23.2 Å². The normalized spacial score (nSPS) is 21.9. The van der Waals surface area contributed by atoms with Crippen LogP contribution < -0.4 is 11.1 Å². The Labute approximate surface area is 135 Å². The number of aromatic hydroxyl groups is 1. The Balaban J connectivity index is 2.00. The molecule has 0 aromatic heterocycles. The third kappa shape index (κ3) is 4.46. The molecular weight excluding hydrogens is 294 g/mol. The third-order valence-electron chi connectivity index (χ3n) is 4.32. The number of rotatable bonds is 5. The first-order chi connectivity index (χ1) is 11.0. The van der Waals surface area contributed by atoms with Crippen LogP contribution in [0.1, 0.15) is 31.2 Å². The maximum absolute atomic E-state index is 12.4. The number of nitrogens with two attached hydrogens (primary N) is 1. The summed E-state index contributed by atoms with van der Waals surface area (Å²) in [5.74, 6) is -1.47. The molecule has 0 unspecified atom stereocenters. The largest absolute Gasteiger partial charge is 0.508 e. The van der Waals surface area contributed by atoms with Gasteiger partial charge in [-0.1, -0.05) is 25.0 Å². The summed E-state index contributed by atoms with van der Waals surface area (Å²) >= 11 is 0. The van der Waals surface area contributed by atoms with Gasteiger partial charge in [-0.3, -0.25) is 9.59 Å². The Morgan fingerprint density at radius 2 is 1.87 bits per heavy atom. The van der Waals surface area contributed by atoms with Gasteiger partial charge in [0, 0.05) is 18.3 Å². The van der Waals surface area contributed by atoms with Gasteiger partial charge in [-0.25, -0.2) is 0 Å². The zero-order valence-electron chi connectivity index (χ0n) is 12.9. The third-order valence-corrected chi connectivity index (χ3v) is 4.32. The van der Waals surface area contributed by atoms with Crippen LogP contribution in [0.5, 0.6) is 5.75 Å². The van der Waals surface area contributed by atoms with Crippen LogP contribution in [-0.4, -0.2) is 23.0 Å². The first-order valence-electron chi connectivity index (χ1n) is 7.78. The average Bonchev–Trinajstić information content (AvgIpc) is 2.56. The van der Waals surface area contributed by atoms with Crippen LogP contribution >= 0.6 is 0 Å². The second-order valence-corrected chi connectivity index (χ2v) is 5.96. The molecule has 1 aliphatic rings. The molecule has 6 heteroatoms. The number of benzene rings is 1. The fourth-order valence-electron chi connectivity index (χ4n) is 3.06. The van der Waals surface area contributed by atoms with E-state index in [2.05, 4.69) is 11.4 Å². The van der Waals surface area contributed by atoms with Crippen LogP contribution in [0.15, 0.2) is 24.3 Å². The number of carbonyl (C=O) groups is 2. The molecule has 122 valence electrons. The van der Waals surface area contributed by atoms with Crippen molar-refractivity contribution in [2.24, 2.45) is 17.6 Å². The van der Waals surface area contributed by atoms with Crippen molar-refractivity contribution < 1.29 is 14.7 Å². The van der Waals surface area contributed by atoms with E-state index in [9.17, 15) is 20.0 Å². The molecule has 2 rings (SSSR count). The molecule has 0 heterocycles. The van der Waals surface area contributed by atoms with Crippen molar-refractivity contribution in [3.63, 3.8) is 0 Å². The number of phenolic OH excluding ortho intramolecular Hbond substituents is 1. The number of hydrogen-bond acceptors (Lipinski definition) is 4. The smallest absolute Gasteiger partial charge is 0.224 e. The van der Waals surface area contributed by atoms with Gasteiger partial charge in [0.15, 0.2) is 0 Å². The van der Waals surface area contributed by atoms with Crippen molar-refractivity contribution in [3.8, 4) is 11.8 Å². The van der Waals surface area contributed by atoms with Crippen molar-refractivity contribution in [1.82, 2.24) is 5.32 Å². The second kappa shape index (κ2) is 7.63. The molecular formula is C17H21N3O3. The van der Waals surface area contributed by atoms with Crippen molar-refractivity contribution in [3.05, 3.63) is 29.8 Å². The molecule has 0 radical (unpaired) electrons. The van der Waals surface area contributed by atoms with E-state index >= 15 is 0 Å². The minimum absolute atomic E-state index is 0.151. The van der Waals surface area contributed by atoms with Crippen molar-refractivity contribution in [1.29, 1.82) is 5.26 Å². The van der Waals surface area contributed by atoms with Crippen molar-refractivity contribution in [2.75, 3.05) is 0 Å². The predicted molar refractivity (Wildman–Crippen MR) is 84.0 cm³/mol. The molecule has 0 saturated heterocycles. The molecule has 1 fully saturated rings. The minimum atomic E-state index is -0.678. The van der Waals surface area contributed by atoms with Gasteiger partial charge in [-0.2, -0.15) is 5.26 Å². The summed E-state index contributed by atoms with van der Waals surface area (Å²) in [7, 11) is 0. The Morgan fingerprint density at radius 1 is 1.26 bits per heavy atom. The first-order valence-corrected chi connectivity index (χ1v) is 7.78. The van der Waals surface area contributed by atoms with E-state index in [1.165, 1.54) is 12.1 Å². The number of phenols is 1. The maximum atomic E-state index is 12.4. The summed E-state index contributed by atoms with van der Waals surface area (Å²) in [6.07, 6.45) is 3.37. The van der Waals surface area contributed by atoms with Crippen LogP contribution in [0.3, 0.4) is 0 Å². The van der Waals surface area contributed by atoms with Gasteiger partial charge in [0.05, 0.1) is 6.07 Å². The Kier molecular flexibility index (Phi) is 5.58. The van der Waals surface area contributed by atoms with Gasteiger partial charge in [0.1, 0.15) is 11.8 Å². The molecule has 4 N–H and O–H groups in total. The molecule has 6 nitrogen and oxygen atoms in total. The predicted octanol–water partition coefficient (Wildman–Crippen LogP) is 1.23. The molecule has 0 spiro atoms.